The van der Waals surface area contributed by atoms with Crippen LogP contribution >= 0.6 is 11.3 Å². The number of carbonyl (C=O) groups excluding carboxylic acids is 1. The molecule has 2 aromatic heterocycles. The molecular formula is C16H16N2O2S. The van der Waals surface area contributed by atoms with Gasteiger partial charge >= 0.3 is 0 Å². The lowest BCUT2D eigenvalue weighted by Gasteiger charge is -2.06. The molecule has 21 heavy (non-hydrogen) atoms. The highest BCUT2D eigenvalue weighted by molar-refractivity contribution is 7.08. The van der Waals surface area contributed by atoms with E-state index in [1.165, 1.54) is 5.56 Å². The maximum atomic E-state index is 12.3. The molecule has 0 fully saturated rings. The Morgan fingerprint density at radius 2 is 2.33 bits per heavy atom. The van der Waals surface area contributed by atoms with E-state index in [-0.39, 0.29) is 12.5 Å². The van der Waals surface area contributed by atoms with E-state index in [1.807, 2.05) is 12.3 Å². The highest BCUT2D eigenvalue weighted by Gasteiger charge is 2.10. The largest absolute Gasteiger partial charge is 0.395 e. The van der Waals surface area contributed by atoms with Crippen molar-refractivity contribution in [2.24, 2.45) is 0 Å². The van der Waals surface area contributed by atoms with Gasteiger partial charge in [-0.15, -0.1) is 0 Å². The van der Waals surface area contributed by atoms with Gasteiger partial charge in [0.05, 0.1) is 17.7 Å². The van der Waals surface area contributed by atoms with Crippen LogP contribution in [0.5, 0.6) is 0 Å². The zero-order valence-corrected chi connectivity index (χ0v) is 12.5. The summed E-state index contributed by atoms with van der Waals surface area (Å²) in [7, 11) is 0. The summed E-state index contributed by atoms with van der Waals surface area (Å²) in [6.45, 7) is 2.53. The van der Waals surface area contributed by atoms with Crippen molar-refractivity contribution in [3.05, 3.63) is 51.5 Å². The molecule has 108 valence electrons. The zero-order chi connectivity index (χ0) is 15.1. The Kier molecular flexibility index (Phi) is 5.50. The van der Waals surface area contributed by atoms with Crippen LogP contribution in [0.4, 0.5) is 0 Å². The first-order chi connectivity index (χ1) is 10.2. The Morgan fingerprint density at radius 3 is 3.05 bits per heavy atom. The van der Waals surface area contributed by atoms with Gasteiger partial charge in [-0.1, -0.05) is 11.8 Å². The Hall–Kier alpha value is -2.16. The normalized spacial score (nSPS) is 9.81. The van der Waals surface area contributed by atoms with Crippen LogP contribution in [0.25, 0.3) is 0 Å². The fourth-order valence-corrected chi connectivity index (χ4v) is 2.60. The van der Waals surface area contributed by atoms with E-state index in [0.29, 0.717) is 24.1 Å². The molecule has 0 radical (unpaired) electrons. The van der Waals surface area contributed by atoms with Gasteiger partial charge < -0.3 is 10.4 Å². The van der Waals surface area contributed by atoms with Crippen LogP contribution in [0.15, 0.2) is 29.2 Å². The molecule has 0 unspecified atom stereocenters. The summed E-state index contributed by atoms with van der Waals surface area (Å²) < 4.78 is 0. The van der Waals surface area contributed by atoms with Crippen molar-refractivity contribution < 1.29 is 9.90 Å². The Balaban J connectivity index is 2.09. The number of pyridine rings is 1. The summed E-state index contributed by atoms with van der Waals surface area (Å²) >= 11 is 1.62. The minimum Gasteiger partial charge on any atom is -0.395 e. The lowest BCUT2D eigenvalue weighted by Crippen LogP contribution is -2.23. The monoisotopic (exact) mass is 300 g/mol. The second kappa shape index (κ2) is 7.58. The topological polar surface area (TPSA) is 62.2 Å². The van der Waals surface area contributed by atoms with E-state index < -0.39 is 0 Å². The van der Waals surface area contributed by atoms with Gasteiger partial charge in [0.1, 0.15) is 0 Å². The van der Waals surface area contributed by atoms with Crippen LogP contribution in [-0.4, -0.2) is 22.6 Å². The van der Waals surface area contributed by atoms with Crippen LogP contribution in [-0.2, 0) is 6.54 Å². The summed E-state index contributed by atoms with van der Waals surface area (Å²) in [6, 6.07) is 1.65. The molecule has 0 aliphatic heterocycles. The predicted octanol–water partition coefficient (Wildman–Crippen LogP) is 2.12. The van der Waals surface area contributed by atoms with Crippen molar-refractivity contribution in [2.75, 3.05) is 6.61 Å². The number of carbonyl (C=O) groups is 1. The molecule has 5 heteroatoms. The highest BCUT2D eigenvalue weighted by Crippen LogP contribution is 2.13. The van der Waals surface area contributed by atoms with E-state index in [0.717, 1.165) is 5.56 Å². The predicted molar refractivity (Wildman–Crippen MR) is 83.0 cm³/mol. The summed E-state index contributed by atoms with van der Waals surface area (Å²) in [5.41, 5.74) is 3.38. The maximum absolute atomic E-state index is 12.3. The van der Waals surface area contributed by atoms with Gasteiger partial charge in [-0.05, 0) is 34.9 Å². The quantitative estimate of drug-likeness (QED) is 0.850. The van der Waals surface area contributed by atoms with Gasteiger partial charge in [0.25, 0.3) is 5.91 Å². The lowest BCUT2D eigenvalue weighted by atomic mass is 10.1. The molecule has 0 aliphatic carbocycles. The van der Waals surface area contributed by atoms with Crippen molar-refractivity contribution in [3.8, 4) is 11.8 Å². The third-order valence-corrected chi connectivity index (χ3v) is 3.84. The van der Waals surface area contributed by atoms with Crippen LogP contribution < -0.4 is 5.32 Å². The molecule has 2 N–H and O–H groups in total. The molecule has 0 saturated heterocycles. The Morgan fingerprint density at radius 1 is 1.48 bits per heavy atom. The summed E-state index contributed by atoms with van der Waals surface area (Å²) in [4.78, 5) is 16.2. The fourth-order valence-electron chi connectivity index (χ4n) is 1.74. The number of rotatable bonds is 4. The number of nitrogens with zero attached hydrogens (tertiary/aromatic N) is 1. The van der Waals surface area contributed by atoms with Crippen molar-refractivity contribution in [3.63, 3.8) is 0 Å². The maximum Gasteiger partial charge on any atom is 0.252 e. The first-order valence-corrected chi connectivity index (χ1v) is 7.50. The number of hydrogen-bond donors (Lipinski definition) is 2. The molecule has 0 aliphatic rings. The Labute approximate surface area is 127 Å². The average molecular weight is 300 g/mol. The number of amides is 1. The van der Waals surface area contributed by atoms with Crippen molar-refractivity contribution >= 4 is 17.2 Å². The van der Waals surface area contributed by atoms with E-state index in [2.05, 4.69) is 27.5 Å². The minimum atomic E-state index is -0.170. The number of thiophene rings is 1. The smallest absolute Gasteiger partial charge is 0.252 e. The zero-order valence-electron chi connectivity index (χ0n) is 11.7. The van der Waals surface area contributed by atoms with Gasteiger partial charge in [-0.3, -0.25) is 9.78 Å². The number of aromatic nitrogens is 1. The van der Waals surface area contributed by atoms with Gasteiger partial charge in [0.2, 0.25) is 0 Å². The van der Waals surface area contributed by atoms with E-state index in [1.54, 1.807) is 29.8 Å². The van der Waals surface area contributed by atoms with Crippen molar-refractivity contribution in [2.45, 2.75) is 19.9 Å². The first kappa shape index (κ1) is 15.2. The van der Waals surface area contributed by atoms with Gasteiger partial charge in [0, 0.05) is 25.4 Å². The molecule has 2 heterocycles. The second-order valence-electron chi connectivity index (χ2n) is 4.46. The van der Waals surface area contributed by atoms with E-state index in [4.69, 9.17) is 5.11 Å². The molecule has 0 atom stereocenters. The SMILES string of the molecule is Cc1cscc1CNC(=O)c1ccncc1C#CCCO. The number of aliphatic hydroxyl groups excluding tert-OH is 1. The standard InChI is InChI=1S/C16H16N2O2S/c1-12-10-21-11-14(12)9-18-16(20)15-5-6-17-8-13(15)4-2-3-7-19/h5-6,8,10-11,19H,3,7,9H2,1H3,(H,18,20). The van der Waals surface area contributed by atoms with Crippen LogP contribution in [0.3, 0.4) is 0 Å². The van der Waals surface area contributed by atoms with E-state index >= 15 is 0 Å². The molecular weight excluding hydrogens is 284 g/mol. The molecule has 0 spiro atoms. The van der Waals surface area contributed by atoms with Crippen LogP contribution in [0, 0.1) is 18.8 Å². The third-order valence-electron chi connectivity index (χ3n) is 2.93. The van der Waals surface area contributed by atoms with Gasteiger partial charge in [-0.25, -0.2) is 0 Å². The summed E-state index contributed by atoms with van der Waals surface area (Å²) in [6.07, 6.45) is 3.52. The second-order valence-corrected chi connectivity index (χ2v) is 5.20. The minimum absolute atomic E-state index is 0.00618. The number of aryl methyl sites for hydroxylation is 1. The average Bonchev–Trinajstić information content (AvgIpc) is 2.91. The first-order valence-electron chi connectivity index (χ1n) is 6.56. The third kappa shape index (κ3) is 4.15. The van der Waals surface area contributed by atoms with Gasteiger partial charge in [-0.2, -0.15) is 11.3 Å². The number of nitrogens with one attached hydrogen (secondary N) is 1. The molecule has 1 amide bonds. The number of hydrogen-bond acceptors (Lipinski definition) is 4. The molecule has 0 aromatic carbocycles. The highest BCUT2D eigenvalue weighted by atomic mass is 32.1. The molecule has 0 saturated carbocycles. The fraction of sp³-hybridized carbons (Fsp3) is 0.250. The van der Waals surface area contributed by atoms with Crippen LogP contribution in [0.1, 0.15) is 33.5 Å². The summed E-state index contributed by atoms with van der Waals surface area (Å²) in [5.74, 6) is 5.51. The molecule has 2 rings (SSSR count). The van der Waals surface area contributed by atoms with E-state index in [9.17, 15) is 4.79 Å². The number of aliphatic hydroxyl groups is 1. The Bertz CT molecular complexity index is 683. The van der Waals surface area contributed by atoms with Crippen LogP contribution in [0.2, 0.25) is 0 Å². The van der Waals surface area contributed by atoms with Crippen molar-refractivity contribution in [1.82, 2.24) is 10.3 Å². The summed E-state index contributed by atoms with van der Waals surface area (Å²) in [5, 5.41) is 15.7. The molecule has 0 bridgehead atoms. The van der Waals surface area contributed by atoms with Gasteiger partial charge in [0.15, 0.2) is 0 Å². The lowest BCUT2D eigenvalue weighted by molar-refractivity contribution is 0.0950. The van der Waals surface area contributed by atoms with Crippen molar-refractivity contribution in [1.29, 1.82) is 0 Å². The molecule has 2 aromatic rings. The molecule has 4 nitrogen and oxygen atoms in total.